The van der Waals surface area contributed by atoms with Gasteiger partial charge in [0.1, 0.15) is 34.5 Å². The third kappa shape index (κ3) is 6.32. The second-order valence-corrected chi connectivity index (χ2v) is 11.6. The van der Waals surface area contributed by atoms with E-state index in [-0.39, 0.29) is 12.1 Å². The van der Waals surface area contributed by atoms with Gasteiger partial charge in [-0.1, -0.05) is 5.92 Å². The second kappa shape index (κ2) is 11.7. The Labute approximate surface area is 254 Å². The molecule has 2 aromatic carbocycles. The van der Waals surface area contributed by atoms with E-state index in [9.17, 15) is 4.79 Å². The molecule has 0 radical (unpaired) electrons. The molecule has 0 saturated carbocycles. The van der Waals surface area contributed by atoms with Crippen molar-refractivity contribution in [3.05, 3.63) is 60.8 Å². The molecule has 5 aromatic rings. The molecule has 1 saturated heterocycles. The minimum absolute atomic E-state index is 0.108. The Kier molecular flexibility index (Phi) is 7.61. The normalized spacial score (nSPS) is 13.9. The molecule has 4 heterocycles. The fraction of sp³-hybridized carbons (Fsp3) is 0.312. The molecule has 0 aliphatic carbocycles. The van der Waals surface area contributed by atoms with Crippen LogP contribution < -0.4 is 15.4 Å². The number of aromatic nitrogens is 6. The number of carbonyl (C=O) groups excluding carboxylic acids is 1. The van der Waals surface area contributed by atoms with E-state index in [4.69, 9.17) is 20.9 Å². The third-order valence-corrected chi connectivity index (χ3v) is 7.18. The van der Waals surface area contributed by atoms with Gasteiger partial charge in [0.05, 0.1) is 29.1 Å². The zero-order valence-corrected chi connectivity index (χ0v) is 25.0. The first-order chi connectivity index (χ1) is 21.1. The maximum Gasteiger partial charge on any atom is 0.410 e. The summed E-state index contributed by atoms with van der Waals surface area (Å²) in [4.78, 5) is 36.5. The summed E-state index contributed by atoms with van der Waals surface area (Å²) in [6.07, 6.45) is 11.9. The largest absolute Gasteiger partial charge is 0.456 e. The van der Waals surface area contributed by atoms with Crippen LogP contribution in [0.4, 0.5) is 22.2 Å². The van der Waals surface area contributed by atoms with E-state index >= 15 is 0 Å². The van der Waals surface area contributed by atoms with Crippen molar-refractivity contribution in [3.63, 3.8) is 0 Å². The molecule has 1 amide bonds. The summed E-state index contributed by atoms with van der Waals surface area (Å²) >= 11 is 0. The molecule has 44 heavy (non-hydrogen) atoms. The number of rotatable bonds is 6. The van der Waals surface area contributed by atoms with Gasteiger partial charge in [-0.2, -0.15) is 0 Å². The summed E-state index contributed by atoms with van der Waals surface area (Å²) in [5.41, 5.74) is 3.77. The predicted octanol–water partition coefficient (Wildman–Crippen LogP) is 5.64. The zero-order chi connectivity index (χ0) is 30.8. The first kappa shape index (κ1) is 28.7. The molecule has 224 valence electrons. The highest BCUT2D eigenvalue weighted by molar-refractivity contribution is 5.87. The number of hydrogen-bond donors (Lipinski definition) is 2. The number of fused-ring (bicyclic) bond motifs is 2. The lowest BCUT2D eigenvalue weighted by Crippen LogP contribution is -2.44. The Morgan fingerprint density at radius 3 is 2.64 bits per heavy atom. The molecule has 3 aromatic heterocycles. The van der Waals surface area contributed by atoms with Crippen LogP contribution in [-0.4, -0.2) is 65.2 Å². The van der Waals surface area contributed by atoms with Gasteiger partial charge in [-0.05, 0) is 63.9 Å². The highest BCUT2D eigenvalue weighted by atomic mass is 16.6. The Balaban J connectivity index is 1.15. The number of piperidine rings is 1. The highest BCUT2D eigenvalue weighted by Crippen LogP contribution is 2.31. The Morgan fingerprint density at radius 2 is 1.86 bits per heavy atom. The minimum atomic E-state index is -0.521. The van der Waals surface area contributed by atoms with Gasteiger partial charge in [0, 0.05) is 37.9 Å². The predicted molar refractivity (Wildman–Crippen MR) is 168 cm³/mol. The number of hydrogen-bond acceptors (Lipinski definition) is 10. The van der Waals surface area contributed by atoms with Crippen LogP contribution >= 0.6 is 0 Å². The van der Waals surface area contributed by atoms with Crippen LogP contribution in [-0.2, 0) is 11.8 Å². The van der Waals surface area contributed by atoms with Crippen molar-refractivity contribution in [2.75, 3.05) is 23.7 Å². The summed E-state index contributed by atoms with van der Waals surface area (Å²) in [7, 11) is 1.95. The Bertz CT molecular complexity index is 1880. The molecule has 2 N–H and O–H groups in total. The number of aryl methyl sites for hydroxylation is 1. The molecule has 0 unspecified atom stereocenters. The lowest BCUT2D eigenvalue weighted by atomic mass is 10.1. The van der Waals surface area contributed by atoms with Crippen LogP contribution in [0.3, 0.4) is 0 Å². The lowest BCUT2D eigenvalue weighted by Gasteiger charge is -2.33. The first-order valence-electron chi connectivity index (χ1n) is 14.3. The quantitative estimate of drug-likeness (QED) is 0.239. The number of terminal acetylenes is 1. The van der Waals surface area contributed by atoms with Crippen molar-refractivity contribution in [2.45, 2.75) is 45.3 Å². The van der Waals surface area contributed by atoms with Crippen LogP contribution in [0.5, 0.6) is 11.5 Å². The maximum atomic E-state index is 12.4. The van der Waals surface area contributed by atoms with Crippen LogP contribution in [0.15, 0.2) is 55.2 Å². The zero-order valence-electron chi connectivity index (χ0n) is 25.0. The maximum absolute atomic E-state index is 12.4. The molecule has 12 heteroatoms. The average molecular weight is 592 g/mol. The SMILES string of the molecule is C#Cc1cc(Nc2ncnc3cnc(NC4CCN(C(=O)OC(C)(C)C)CC4)nc23)ccc1Oc1ccc2c(c1)ncn2C. The summed E-state index contributed by atoms with van der Waals surface area (Å²) in [6, 6.07) is 11.3. The van der Waals surface area contributed by atoms with Crippen LogP contribution in [0.1, 0.15) is 39.2 Å². The lowest BCUT2D eigenvalue weighted by molar-refractivity contribution is 0.0210. The van der Waals surface area contributed by atoms with Gasteiger partial charge in [0.2, 0.25) is 5.95 Å². The number of carbonyl (C=O) groups is 1. The van der Waals surface area contributed by atoms with Gasteiger partial charge >= 0.3 is 6.09 Å². The van der Waals surface area contributed by atoms with Gasteiger partial charge in [0.15, 0.2) is 5.82 Å². The number of benzene rings is 2. The molecular weight excluding hydrogens is 558 g/mol. The molecule has 1 aliphatic heterocycles. The number of anilines is 3. The topological polar surface area (TPSA) is 132 Å². The van der Waals surface area contributed by atoms with Crippen molar-refractivity contribution >= 4 is 45.6 Å². The summed E-state index contributed by atoms with van der Waals surface area (Å²) in [6.45, 7) is 6.78. The highest BCUT2D eigenvalue weighted by Gasteiger charge is 2.27. The van der Waals surface area contributed by atoms with E-state index < -0.39 is 5.60 Å². The first-order valence-corrected chi connectivity index (χ1v) is 14.3. The van der Waals surface area contributed by atoms with Crippen LogP contribution in [0.25, 0.3) is 22.1 Å². The van der Waals surface area contributed by atoms with E-state index in [1.165, 1.54) is 6.33 Å². The van der Waals surface area contributed by atoms with Gasteiger partial charge in [0.25, 0.3) is 0 Å². The van der Waals surface area contributed by atoms with E-state index in [2.05, 4.69) is 36.5 Å². The van der Waals surface area contributed by atoms with Crippen molar-refractivity contribution in [1.29, 1.82) is 0 Å². The van der Waals surface area contributed by atoms with E-state index in [1.54, 1.807) is 17.4 Å². The van der Waals surface area contributed by atoms with Gasteiger partial charge in [-0.15, -0.1) is 6.42 Å². The number of imidazole rings is 1. The van der Waals surface area contributed by atoms with E-state index in [0.717, 1.165) is 23.9 Å². The standard InChI is InChI=1S/C32H33N9O3/c1-6-20-15-22(7-10-27(20)43-23-8-9-26-24(16-23)36-19-40(26)5)37-29-28-25(34-18-35-29)17-33-30(39-28)38-21-11-13-41(14-12-21)31(42)44-32(2,3)4/h1,7-10,15-19,21H,11-14H2,2-5H3,(H,33,38,39)(H,34,35,37). The number of amides is 1. The molecule has 0 atom stereocenters. The van der Waals surface area contributed by atoms with Crippen molar-refractivity contribution < 1.29 is 14.3 Å². The number of likely N-dealkylation sites (tertiary alicyclic amines) is 1. The third-order valence-electron chi connectivity index (χ3n) is 7.18. The van der Waals surface area contributed by atoms with Gasteiger partial charge in [-0.3, -0.25) is 0 Å². The summed E-state index contributed by atoms with van der Waals surface area (Å²) < 4.78 is 13.6. The fourth-order valence-electron chi connectivity index (χ4n) is 4.98. The summed E-state index contributed by atoms with van der Waals surface area (Å²) in [5, 5.41) is 6.72. The second-order valence-electron chi connectivity index (χ2n) is 11.6. The number of nitrogens with zero attached hydrogens (tertiary/aromatic N) is 7. The average Bonchev–Trinajstić information content (AvgIpc) is 3.37. The number of ether oxygens (including phenoxy) is 2. The number of nitrogens with one attached hydrogen (secondary N) is 2. The molecule has 1 fully saturated rings. The van der Waals surface area contributed by atoms with Crippen molar-refractivity contribution in [1.82, 2.24) is 34.4 Å². The summed E-state index contributed by atoms with van der Waals surface area (Å²) in [5.74, 6) is 4.87. The van der Waals surface area contributed by atoms with Crippen molar-refractivity contribution in [2.24, 2.45) is 7.05 Å². The molecule has 6 rings (SSSR count). The molecule has 0 bridgehead atoms. The van der Waals surface area contributed by atoms with Crippen LogP contribution in [0, 0.1) is 12.3 Å². The fourth-order valence-corrected chi connectivity index (χ4v) is 4.98. The molecule has 1 aliphatic rings. The van der Waals surface area contributed by atoms with Gasteiger partial charge < -0.3 is 29.6 Å². The van der Waals surface area contributed by atoms with Crippen LogP contribution in [0.2, 0.25) is 0 Å². The minimum Gasteiger partial charge on any atom is -0.456 e. The molecule has 12 nitrogen and oxygen atoms in total. The Hall–Kier alpha value is -5.44. The Morgan fingerprint density at radius 1 is 1.05 bits per heavy atom. The van der Waals surface area contributed by atoms with Crippen molar-refractivity contribution in [3.8, 4) is 23.8 Å². The van der Waals surface area contributed by atoms with E-state index in [1.807, 2.05) is 68.8 Å². The molecule has 0 spiro atoms. The molecular formula is C32H33N9O3. The monoisotopic (exact) mass is 591 g/mol. The van der Waals surface area contributed by atoms with Gasteiger partial charge in [-0.25, -0.2) is 29.7 Å². The van der Waals surface area contributed by atoms with E-state index in [0.29, 0.717) is 58.6 Å². The smallest absolute Gasteiger partial charge is 0.410 e.